The zero-order chi connectivity index (χ0) is 14.9. The predicted octanol–water partition coefficient (Wildman–Crippen LogP) is 4.03. The summed E-state index contributed by atoms with van der Waals surface area (Å²) >= 11 is 2.38. The lowest BCUT2D eigenvalue weighted by Gasteiger charge is -2.48. The maximum absolute atomic E-state index is 3.91. The average Bonchev–Trinajstić information content (AvgIpc) is 2.89. The molecule has 0 aromatic heterocycles. The molecular formula is C18H27IN2. The lowest BCUT2D eigenvalue weighted by atomic mass is 9.88. The summed E-state index contributed by atoms with van der Waals surface area (Å²) in [6, 6.07) is 9.71. The van der Waals surface area contributed by atoms with E-state index in [0.29, 0.717) is 17.5 Å². The number of nitrogens with one attached hydrogen (secondary N) is 1. The van der Waals surface area contributed by atoms with E-state index in [1.54, 1.807) is 0 Å². The van der Waals surface area contributed by atoms with E-state index in [1.165, 1.54) is 41.4 Å². The summed E-state index contributed by atoms with van der Waals surface area (Å²) in [7, 11) is 0. The van der Waals surface area contributed by atoms with Gasteiger partial charge in [-0.3, -0.25) is 4.90 Å². The van der Waals surface area contributed by atoms with Crippen LogP contribution in [0.25, 0.3) is 0 Å². The first-order valence-corrected chi connectivity index (χ1v) is 9.39. The summed E-state index contributed by atoms with van der Waals surface area (Å²) in [4.78, 5) is 2.74. The van der Waals surface area contributed by atoms with Crippen molar-refractivity contribution in [2.75, 3.05) is 13.1 Å². The van der Waals surface area contributed by atoms with Crippen LogP contribution >= 0.6 is 22.6 Å². The smallest absolute Gasteiger partial charge is 0.0309 e. The van der Waals surface area contributed by atoms with Crippen molar-refractivity contribution >= 4 is 22.6 Å². The summed E-state index contributed by atoms with van der Waals surface area (Å²) in [6.07, 6.45) is 5.52. The van der Waals surface area contributed by atoms with Gasteiger partial charge in [0, 0.05) is 34.8 Å². The summed E-state index contributed by atoms with van der Waals surface area (Å²) in [5.41, 5.74) is 1.87. The fourth-order valence-corrected chi connectivity index (χ4v) is 4.41. The van der Waals surface area contributed by atoms with Crippen LogP contribution in [0.15, 0.2) is 24.3 Å². The van der Waals surface area contributed by atoms with Crippen LogP contribution < -0.4 is 5.32 Å². The van der Waals surface area contributed by atoms with Gasteiger partial charge in [-0.1, -0.05) is 38.8 Å². The highest BCUT2D eigenvalue weighted by Gasteiger charge is 2.41. The topological polar surface area (TPSA) is 15.3 Å². The molecule has 1 aromatic rings. The van der Waals surface area contributed by atoms with Crippen LogP contribution in [-0.4, -0.2) is 29.6 Å². The van der Waals surface area contributed by atoms with E-state index in [4.69, 9.17) is 0 Å². The van der Waals surface area contributed by atoms with Crippen LogP contribution in [-0.2, 0) is 6.54 Å². The molecule has 0 bridgehead atoms. The minimum Gasteiger partial charge on any atom is -0.308 e. The molecule has 1 saturated carbocycles. The van der Waals surface area contributed by atoms with Crippen LogP contribution in [0.4, 0.5) is 0 Å². The second-order valence-electron chi connectivity index (χ2n) is 7.21. The van der Waals surface area contributed by atoms with Gasteiger partial charge < -0.3 is 5.32 Å². The van der Waals surface area contributed by atoms with Gasteiger partial charge >= 0.3 is 0 Å². The van der Waals surface area contributed by atoms with Gasteiger partial charge in [0.15, 0.2) is 0 Å². The Morgan fingerprint density at radius 1 is 1.24 bits per heavy atom. The molecule has 1 unspecified atom stereocenters. The van der Waals surface area contributed by atoms with E-state index in [-0.39, 0.29) is 0 Å². The van der Waals surface area contributed by atoms with Gasteiger partial charge in [0.05, 0.1) is 0 Å². The van der Waals surface area contributed by atoms with Crippen molar-refractivity contribution in [3.8, 4) is 0 Å². The number of nitrogens with zero attached hydrogens (tertiary/aromatic N) is 1. The first-order chi connectivity index (χ1) is 10.1. The van der Waals surface area contributed by atoms with E-state index >= 15 is 0 Å². The van der Waals surface area contributed by atoms with Crippen LogP contribution in [0.1, 0.15) is 45.1 Å². The molecule has 0 radical (unpaired) electrons. The van der Waals surface area contributed by atoms with Crippen molar-refractivity contribution in [2.24, 2.45) is 5.92 Å². The van der Waals surface area contributed by atoms with E-state index in [1.807, 2.05) is 0 Å². The Bertz CT molecular complexity index is 463. The van der Waals surface area contributed by atoms with Crippen molar-refractivity contribution in [1.82, 2.24) is 10.2 Å². The Labute approximate surface area is 142 Å². The maximum atomic E-state index is 3.91. The van der Waals surface area contributed by atoms with Gasteiger partial charge in [0.1, 0.15) is 0 Å². The molecule has 2 aliphatic rings. The molecule has 3 heteroatoms. The Hall–Kier alpha value is -0.130. The first kappa shape index (κ1) is 15.8. The van der Waals surface area contributed by atoms with E-state index in [2.05, 4.69) is 70.9 Å². The molecular weight excluding hydrogens is 371 g/mol. The molecule has 1 heterocycles. The van der Waals surface area contributed by atoms with Gasteiger partial charge in [0.2, 0.25) is 0 Å². The third-order valence-electron chi connectivity index (χ3n) is 5.29. The molecule has 1 aliphatic carbocycles. The van der Waals surface area contributed by atoms with E-state index in [9.17, 15) is 0 Å². The van der Waals surface area contributed by atoms with Crippen LogP contribution in [0.3, 0.4) is 0 Å². The van der Waals surface area contributed by atoms with Crippen LogP contribution in [0, 0.1) is 9.49 Å². The largest absolute Gasteiger partial charge is 0.308 e. The SMILES string of the molecule is CC(C)C1CNC2(CCCC2)CN1Cc1ccc(I)cc1. The summed E-state index contributed by atoms with van der Waals surface area (Å²) < 4.78 is 1.32. The maximum Gasteiger partial charge on any atom is 0.0309 e. The molecule has 0 amide bonds. The lowest BCUT2D eigenvalue weighted by molar-refractivity contribution is 0.0507. The number of halogens is 1. The fraction of sp³-hybridized carbons (Fsp3) is 0.667. The molecule has 1 saturated heterocycles. The molecule has 1 atom stereocenters. The van der Waals surface area contributed by atoms with Crippen molar-refractivity contribution < 1.29 is 0 Å². The standard InChI is InChI=1S/C18H27IN2/c1-14(2)17-11-20-18(9-3-4-10-18)13-21(17)12-15-5-7-16(19)8-6-15/h5-8,14,17,20H,3-4,9-13H2,1-2H3. The summed E-state index contributed by atoms with van der Waals surface area (Å²) in [5.74, 6) is 0.708. The monoisotopic (exact) mass is 398 g/mol. The van der Waals surface area contributed by atoms with Crippen LogP contribution in [0.5, 0.6) is 0 Å². The number of rotatable bonds is 3. The fourth-order valence-electron chi connectivity index (χ4n) is 4.05. The number of piperazine rings is 1. The minimum atomic E-state index is 0.411. The van der Waals surface area contributed by atoms with Crippen LogP contribution in [0.2, 0.25) is 0 Å². The quantitative estimate of drug-likeness (QED) is 0.774. The van der Waals surface area contributed by atoms with Crippen molar-refractivity contribution in [3.05, 3.63) is 33.4 Å². The molecule has 1 N–H and O–H groups in total. The lowest BCUT2D eigenvalue weighted by Crippen LogP contribution is -2.63. The van der Waals surface area contributed by atoms with Gasteiger partial charge in [0.25, 0.3) is 0 Å². The summed E-state index contributed by atoms with van der Waals surface area (Å²) in [6.45, 7) is 8.20. The van der Waals surface area contributed by atoms with Gasteiger partial charge in [-0.25, -0.2) is 0 Å². The molecule has 116 valence electrons. The number of hydrogen-bond acceptors (Lipinski definition) is 2. The third-order valence-corrected chi connectivity index (χ3v) is 6.01. The zero-order valence-electron chi connectivity index (χ0n) is 13.2. The minimum absolute atomic E-state index is 0.411. The highest BCUT2D eigenvalue weighted by Crippen LogP contribution is 2.34. The predicted molar refractivity (Wildman–Crippen MR) is 97.4 cm³/mol. The molecule has 21 heavy (non-hydrogen) atoms. The Morgan fingerprint density at radius 2 is 1.90 bits per heavy atom. The Kier molecular flexibility index (Phi) is 4.91. The van der Waals surface area contributed by atoms with Crippen molar-refractivity contribution in [2.45, 2.75) is 57.7 Å². The van der Waals surface area contributed by atoms with Gasteiger partial charge in [-0.15, -0.1) is 0 Å². The van der Waals surface area contributed by atoms with Gasteiger partial charge in [-0.05, 0) is 59.0 Å². The molecule has 1 aliphatic heterocycles. The first-order valence-electron chi connectivity index (χ1n) is 8.32. The molecule has 1 spiro atoms. The average molecular weight is 398 g/mol. The van der Waals surface area contributed by atoms with E-state index in [0.717, 1.165) is 13.1 Å². The number of hydrogen-bond donors (Lipinski definition) is 1. The summed E-state index contributed by atoms with van der Waals surface area (Å²) in [5, 5.41) is 3.91. The highest BCUT2D eigenvalue weighted by molar-refractivity contribution is 14.1. The normalized spacial score (nSPS) is 25.8. The second-order valence-corrected chi connectivity index (χ2v) is 8.46. The van der Waals surface area contributed by atoms with Gasteiger partial charge in [-0.2, -0.15) is 0 Å². The zero-order valence-corrected chi connectivity index (χ0v) is 15.4. The molecule has 3 rings (SSSR count). The third kappa shape index (κ3) is 3.62. The molecule has 2 nitrogen and oxygen atoms in total. The second kappa shape index (κ2) is 6.55. The van der Waals surface area contributed by atoms with Crippen molar-refractivity contribution in [1.29, 1.82) is 0 Å². The Morgan fingerprint density at radius 3 is 2.52 bits per heavy atom. The molecule has 1 aromatic carbocycles. The highest BCUT2D eigenvalue weighted by atomic mass is 127. The molecule has 2 fully saturated rings. The Balaban J connectivity index is 1.75. The number of benzene rings is 1. The van der Waals surface area contributed by atoms with E-state index < -0.39 is 0 Å². The van der Waals surface area contributed by atoms with Crippen molar-refractivity contribution in [3.63, 3.8) is 0 Å².